The molecule has 0 aliphatic carbocycles. The second kappa shape index (κ2) is 9.15. The SMILES string of the molecule is COc1ccc(C=C2C(=O)NC(=O)N(c3cccc(F)c3)C2=O)cc1CN1C(=O)c2ccccc2C1=O. The third-order valence-electron chi connectivity index (χ3n) is 5.99. The first-order valence-corrected chi connectivity index (χ1v) is 11.1. The van der Waals surface area contributed by atoms with Crippen molar-refractivity contribution < 1.29 is 33.1 Å². The van der Waals surface area contributed by atoms with E-state index in [0.29, 0.717) is 32.9 Å². The van der Waals surface area contributed by atoms with Crippen molar-refractivity contribution in [3.05, 3.63) is 100 Å². The van der Waals surface area contributed by atoms with Gasteiger partial charge in [0.05, 0.1) is 30.5 Å². The van der Waals surface area contributed by atoms with Gasteiger partial charge in [-0.1, -0.05) is 24.3 Å². The monoisotopic (exact) mass is 499 g/mol. The lowest BCUT2D eigenvalue weighted by molar-refractivity contribution is -0.122. The van der Waals surface area contributed by atoms with Crippen molar-refractivity contribution in [3.8, 4) is 5.75 Å². The number of halogens is 1. The maximum absolute atomic E-state index is 13.7. The molecule has 5 rings (SSSR count). The molecule has 0 radical (unpaired) electrons. The van der Waals surface area contributed by atoms with Crippen LogP contribution in [0.25, 0.3) is 6.08 Å². The maximum Gasteiger partial charge on any atom is 0.335 e. The van der Waals surface area contributed by atoms with Gasteiger partial charge in [0.1, 0.15) is 17.1 Å². The van der Waals surface area contributed by atoms with Crippen LogP contribution in [0.5, 0.6) is 5.75 Å². The molecule has 0 atom stereocenters. The lowest BCUT2D eigenvalue weighted by Gasteiger charge is -2.26. The summed E-state index contributed by atoms with van der Waals surface area (Å²) in [5.74, 6) is -3.02. The van der Waals surface area contributed by atoms with E-state index < -0.39 is 35.5 Å². The molecule has 9 nitrogen and oxygen atoms in total. The number of nitrogens with zero attached hydrogens (tertiary/aromatic N) is 2. The number of carbonyl (C=O) groups is 5. The van der Waals surface area contributed by atoms with Crippen molar-refractivity contribution >= 4 is 41.4 Å². The van der Waals surface area contributed by atoms with Crippen molar-refractivity contribution in [1.29, 1.82) is 0 Å². The largest absolute Gasteiger partial charge is 0.496 e. The van der Waals surface area contributed by atoms with E-state index in [1.807, 2.05) is 0 Å². The predicted molar refractivity (Wildman–Crippen MR) is 129 cm³/mol. The lowest BCUT2D eigenvalue weighted by atomic mass is 10.0. The van der Waals surface area contributed by atoms with Crippen LogP contribution in [0, 0.1) is 5.82 Å². The molecule has 0 unspecified atom stereocenters. The number of benzene rings is 3. The summed E-state index contributed by atoms with van der Waals surface area (Å²) in [6.45, 7) is -0.111. The van der Waals surface area contributed by atoms with E-state index in [2.05, 4.69) is 5.32 Å². The highest BCUT2D eigenvalue weighted by molar-refractivity contribution is 6.39. The van der Waals surface area contributed by atoms with Crippen molar-refractivity contribution in [2.75, 3.05) is 12.0 Å². The van der Waals surface area contributed by atoms with Crippen molar-refractivity contribution in [2.24, 2.45) is 0 Å². The van der Waals surface area contributed by atoms with Gasteiger partial charge in [-0.25, -0.2) is 14.1 Å². The van der Waals surface area contributed by atoms with Gasteiger partial charge in [-0.2, -0.15) is 0 Å². The Morgan fingerprint density at radius 3 is 2.22 bits per heavy atom. The highest BCUT2D eigenvalue weighted by Gasteiger charge is 2.38. The van der Waals surface area contributed by atoms with E-state index in [9.17, 15) is 28.4 Å². The van der Waals surface area contributed by atoms with Crippen LogP contribution < -0.4 is 15.0 Å². The Kier molecular flexibility index (Phi) is 5.84. The first kappa shape index (κ1) is 23.6. The number of barbiturate groups is 1. The molecule has 1 fully saturated rings. The zero-order valence-electron chi connectivity index (χ0n) is 19.4. The van der Waals surface area contributed by atoms with Crippen molar-refractivity contribution in [3.63, 3.8) is 0 Å². The van der Waals surface area contributed by atoms with Gasteiger partial charge < -0.3 is 4.74 Å². The number of anilines is 1. The second-order valence-electron chi connectivity index (χ2n) is 8.25. The molecular weight excluding hydrogens is 481 g/mol. The first-order chi connectivity index (χ1) is 17.8. The molecule has 1 saturated heterocycles. The van der Waals surface area contributed by atoms with Gasteiger partial charge in [0.15, 0.2) is 0 Å². The Balaban J connectivity index is 1.48. The molecule has 0 spiro atoms. The third-order valence-corrected chi connectivity index (χ3v) is 5.99. The topological polar surface area (TPSA) is 113 Å². The summed E-state index contributed by atoms with van der Waals surface area (Å²) in [5, 5.41) is 2.08. The average molecular weight is 499 g/mol. The fourth-order valence-corrected chi connectivity index (χ4v) is 4.24. The molecule has 2 aliphatic heterocycles. The number of carbonyl (C=O) groups excluding carboxylic acids is 5. The molecule has 6 amide bonds. The quantitative estimate of drug-likeness (QED) is 0.328. The molecule has 0 saturated carbocycles. The molecule has 37 heavy (non-hydrogen) atoms. The number of hydrogen-bond donors (Lipinski definition) is 1. The van der Waals surface area contributed by atoms with E-state index in [1.54, 1.807) is 42.5 Å². The first-order valence-electron chi connectivity index (χ1n) is 11.1. The predicted octanol–water partition coefficient (Wildman–Crippen LogP) is 3.30. The summed E-state index contributed by atoms with van der Waals surface area (Å²) < 4.78 is 19.1. The number of fused-ring (bicyclic) bond motifs is 1. The maximum atomic E-state index is 13.7. The van der Waals surface area contributed by atoms with Crippen LogP contribution >= 0.6 is 0 Å². The van der Waals surface area contributed by atoms with Gasteiger partial charge in [-0.3, -0.25) is 29.4 Å². The van der Waals surface area contributed by atoms with E-state index in [1.165, 1.54) is 25.3 Å². The zero-order chi connectivity index (χ0) is 26.3. The summed E-state index contributed by atoms with van der Waals surface area (Å²) in [4.78, 5) is 65.3. The van der Waals surface area contributed by atoms with Gasteiger partial charge in [0, 0.05) is 5.56 Å². The molecule has 3 aromatic carbocycles. The fraction of sp³-hybridized carbons (Fsp3) is 0.0741. The Hall–Kier alpha value is -5.12. The summed E-state index contributed by atoms with van der Waals surface area (Å²) in [5.41, 5.74) is 1.03. The normalized spacial score (nSPS) is 16.4. The van der Waals surface area contributed by atoms with Gasteiger partial charge in [-0.15, -0.1) is 0 Å². The molecule has 1 N–H and O–H groups in total. The molecule has 2 heterocycles. The second-order valence-corrected chi connectivity index (χ2v) is 8.25. The van der Waals surface area contributed by atoms with Crippen LogP contribution in [0.15, 0.2) is 72.3 Å². The number of urea groups is 1. The number of methoxy groups -OCH3 is 1. The molecule has 2 aliphatic rings. The number of nitrogens with one attached hydrogen (secondary N) is 1. The Morgan fingerprint density at radius 2 is 1.57 bits per heavy atom. The Morgan fingerprint density at radius 1 is 0.865 bits per heavy atom. The molecular formula is C27H18FN3O6. The number of amides is 6. The smallest absolute Gasteiger partial charge is 0.335 e. The molecule has 10 heteroatoms. The lowest BCUT2D eigenvalue weighted by Crippen LogP contribution is -2.54. The van der Waals surface area contributed by atoms with Gasteiger partial charge >= 0.3 is 6.03 Å². The van der Waals surface area contributed by atoms with Crippen LogP contribution in [0.2, 0.25) is 0 Å². The van der Waals surface area contributed by atoms with E-state index in [-0.39, 0.29) is 17.8 Å². The molecule has 0 bridgehead atoms. The molecule has 3 aromatic rings. The van der Waals surface area contributed by atoms with E-state index >= 15 is 0 Å². The van der Waals surface area contributed by atoms with Crippen LogP contribution in [0.1, 0.15) is 31.8 Å². The van der Waals surface area contributed by atoms with Crippen LogP contribution in [-0.4, -0.2) is 41.7 Å². The fourth-order valence-electron chi connectivity index (χ4n) is 4.24. The van der Waals surface area contributed by atoms with Gasteiger partial charge in [0.2, 0.25) is 0 Å². The van der Waals surface area contributed by atoms with Crippen LogP contribution in [0.4, 0.5) is 14.9 Å². The standard InChI is InChI=1S/C27H18FN3O6/c1-37-22-10-9-15(11-16(22)14-30-24(33)19-7-2-3-8-20(19)25(30)34)12-21-23(32)29-27(36)31(26(21)35)18-6-4-5-17(28)13-18/h2-13H,14H2,1H3,(H,29,32,36). The van der Waals surface area contributed by atoms with E-state index in [0.717, 1.165) is 17.0 Å². The summed E-state index contributed by atoms with van der Waals surface area (Å²) in [7, 11) is 1.43. The van der Waals surface area contributed by atoms with Crippen molar-refractivity contribution in [1.82, 2.24) is 10.2 Å². The number of rotatable bonds is 5. The third kappa shape index (κ3) is 4.14. The molecule has 184 valence electrons. The zero-order valence-corrected chi connectivity index (χ0v) is 19.4. The van der Waals surface area contributed by atoms with Crippen LogP contribution in [-0.2, 0) is 16.1 Å². The van der Waals surface area contributed by atoms with E-state index in [4.69, 9.17) is 4.74 Å². The molecule has 0 aromatic heterocycles. The minimum absolute atomic E-state index is 0.0399. The number of imide groups is 3. The van der Waals surface area contributed by atoms with Crippen LogP contribution in [0.3, 0.4) is 0 Å². The minimum Gasteiger partial charge on any atom is -0.496 e. The Labute approximate surface area is 209 Å². The highest BCUT2D eigenvalue weighted by Crippen LogP contribution is 2.29. The summed E-state index contributed by atoms with van der Waals surface area (Å²) in [6.07, 6.45) is 1.27. The van der Waals surface area contributed by atoms with Gasteiger partial charge in [-0.05, 0) is 54.1 Å². The number of hydrogen-bond acceptors (Lipinski definition) is 6. The Bertz CT molecular complexity index is 1510. The van der Waals surface area contributed by atoms with Gasteiger partial charge in [0.25, 0.3) is 23.6 Å². The summed E-state index contributed by atoms with van der Waals surface area (Å²) >= 11 is 0. The van der Waals surface area contributed by atoms with Crippen molar-refractivity contribution in [2.45, 2.75) is 6.54 Å². The number of ether oxygens (including phenoxy) is 1. The summed E-state index contributed by atoms with van der Waals surface area (Å²) in [6, 6.07) is 15.1. The average Bonchev–Trinajstić information content (AvgIpc) is 3.11. The minimum atomic E-state index is -1.00. The highest BCUT2D eigenvalue weighted by atomic mass is 19.1.